The van der Waals surface area contributed by atoms with Crippen LogP contribution in [0.2, 0.25) is 0 Å². The average Bonchev–Trinajstić information content (AvgIpc) is 3.57. The highest BCUT2D eigenvalue weighted by Crippen LogP contribution is 2.30. The summed E-state index contributed by atoms with van der Waals surface area (Å²) in [5.74, 6) is 0.266. The molecule has 2 aromatic rings. The second kappa shape index (κ2) is 8.87. The number of anilines is 2. The van der Waals surface area contributed by atoms with Gasteiger partial charge in [-0.05, 0) is 43.0 Å². The first-order valence-electron chi connectivity index (χ1n) is 10.6. The van der Waals surface area contributed by atoms with Gasteiger partial charge in [0.1, 0.15) is 0 Å². The SMILES string of the molecule is CS(=O)(=O)c1cc(C(=O)Nc2cccc(N3CCN(CC4CC4)CC3)c2)cc([N+](=O)[O-])c1. The predicted octanol–water partition coefficient (Wildman–Crippen LogP) is 2.78. The molecule has 1 heterocycles. The molecule has 2 aliphatic rings. The van der Waals surface area contributed by atoms with E-state index < -0.39 is 26.4 Å². The van der Waals surface area contributed by atoms with Crippen LogP contribution in [0.5, 0.6) is 0 Å². The van der Waals surface area contributed by atoms with Crippen LogP contribution in [0.1, 0.15) is 23.2 Å². The topological polar surface area (TPSA) is 113 Å². The number of nitrogens with zero attached hydrogens (tertiary/aromatic N) is 3. The number of hydrogen-bond donors (Lipinski definition) is 1. The van der Waals surface area contributed by atoms with Crippen molar-refractivity contribution in [2.45, 2.75) is 17.7 Å². The molecule has 1 amide bonds. The molecule has 1 saturated heterocycles. The Morgan fingerprint density at radius 1 is 1.12 bits per heavy atom. The monoisotopic (exact) mass is 458 g/mol. The molecule has 4 rings (SSSR count). The minimum Gasteiger partial charge on any atom is -0.369 e. The Kier molecular flexibility index (Phi) is 6.16. The van der Waals surface area contributed by atoms with Crippen LogP contribution < -0.4 is 10.2 Å². The first-order valence-corrected chi connectivity index (χ1v) is 12.5. The minimum atomic E-state index is -3.71. The molecule has 1 saturated carbocycles. The lowest BCUT2D eigenvalue weighted by Crippen LogP contribution is -2.47. The number of hydrogen-bond acceptors (Lipinski definition) is 7. The third-order valence-electron chi connectivity index (χ3n) is 5.85. The number of sulfone groups is 1. The van der Waals surface area contributed by atoms with Crippen LogP contribution in [0, 0.1) is 16.0 Å². The molecule has 1 aliphatic carbocycles. The lowest BCUT2D eigenvalue weighted by molar-refractivity contribution is -0.385. The normalized spacial score (nSPS) is 17.2. The summed E-state index contributed by atoms with van der Waals surface area (Å²) in [5.41, 5.74) is 1.000. The van der Waals surface area contributed by atoms with E-state index in [0.29, 0.717) is 5.69 Å². The highest BCUT2D eigenvalue weighted by Gasteiger charge is 2.26. The fourth-order valence-corrected chi connectivity index (χ4v) is 4.55. The molecule has 0 bridgehead atoms. The molecule has 0 atom stereocenters. The zero-order valence-electron chi connectivity index (χ0n) is 17.9. The summed E-state index contributed by atoms with van der Waals surface area (Å²) in [7, 11) is -3.71. The van der Waals surface area contributed by atoms with E-state index in [-0.39, 0.29) is 10.5 Å². The molecule has 0 spiro atoms. The highest BCUT2D eigenvalue weighted by atomic mass is 32.2. The number of amides is 1. The molecule has 1 aliphatic heterocycles. The molecule has 2 aromatic carbocycles. The summed E-state index contributed by atoms with van der Waals surface area (Å²) >= 11 is 0. The van der Waals surface area contributed by atoms with Crippen molar-refractivity contribution in [3.63, 3.8) is 0 Å². The third-order valence-corrected chi connectivity index (χ3v) is 6.94. The summed E-state index contributed by atoms with van der Waals surface area (Å²) in [5, 5.41) is 13.9. The van der Waals surface area contributed by atoms with Gasteiger partial charge in [0.2, 0.25) is 0 Å². The Balaban J connectivity index is 1.47. The molecular formula is C22H26N4O5S. The maximum absolute atomic E-state index is 12.8. The van der Waals surface area contributed by atoms with Crippen LogP contribution in [0.25, 0.3) is 0 Å². The number of carbonyl (C=O) groups excluding carboxylic acids is 1. The quantitative estimate of drug-likeness (QED) is 0.501. The van der Waals surface area contributed by atoms with Gasteiger partial charge < -0.3 is 10.2 Å². The molecule has 0 unspecified atom stereocenters. The first kappa shape index (κ1) is 22.2. The largest absolute Gasteiger partial charge is 0.369 e. The zero-order valence-corrected chi connectivity index (χ0v) is 18.7. The second-order valence-electron chi connectivity index (χ2n) is 8.48. The smallest absolute Gasteiger partial charge is 0.271 e. The maximum Gasteiger partial charge on any atom is 0.271 e. The van der Waals surface area contributed by atoms with Crippen molar-refractivity contribution in [2.24, 2.45) is 5.92 Å². The first-order chi connectivity index (χ1) is 15.2. The van der Waals surface area contributed by atoms with Crippen molar-refractivity contribution in [1.82, 2.24) is 4.90 Å². The molecular weight excluding hydrogens is 432 g/mol. The molecule has 9 nitrogen and oxygen atoms in total. The summed E-state index contributed by atoms with van der Waals surface area (Å²) < 4.78 is 23.8. The van der Waals surface area contributed by atoms with Crippen LogP contribution in [0.3, 0.4) is 0 Å². The Bertz CT molecular complexity index is 1140. The van der Waals surface area contributed by atoms with E-state index in [4.69, 9.17) is 0 Å². The van der Waals surface area contributed by atoms with Crippen molar-refractivity contribution >= 4 is 32.8 Å². The molecule has 2 fully saturated rings. The van der Waals surface area contributed by atoms with Gasteiger partial charge in [0, 0.05) is 68.1 Å². The van der Waals surface area contributed by atoms with Crippen LogP contribution >= 0.6 is 0 Å². The predicted molar refractivity (Wildman–Crippen MR) is 122 cm³/mol. The summed E-state index contributed by atoms with van der Waals surface area (Å²) in [4.78, 5) is 27.7. The number of benzene rings is 2. The van der Waals surface area contributed by atoms with Gasteiger partial charge in [-0.2, -0.15) is 0 Å². The van der Waals surface area contributed by atoms with Crippen LogP contribution in [-0.2, 0) is 9.84 Å². The van der Waals surface area contributed by atoms with Crippen molar-refractivity contribution in [3.05, 3.63) is 58.1 Å². The summed E-state index contributed by atoms with van der Waals surface area (Å²) in [6.07, 6.45) is 3.64. The molecule has 0 aromatic heterocycles. The zero-order chi connectivity index (χ0) is 22.9. The fourth-order valence-electron chi connectivity index (χ4n) is 3.87. The second-order valence-corrected chi connectivity index (χ2v) is 10.5. The van der Waals surface area contributed by atoms with E-state index >= 15 is 0 Å². The van der Waals surface area contributed by atoms with Gasteiger partial charge >= 0.3 is 0 Å². The van der Waals surface area contributed by atoms with Crippen LogP contribution in [0.15, 0.2) is 47.4 Å². The van der Waals surface area contributed by atoms with E-state index in [0.717, 1.165) is 62.2 Å². The van der Waals surface area contributed by atoms with E-state index in [2.05, 4.69) is 15.1 Å². The highest BCUT2D eigenvalue weighted by molar-refractivity contribution is 7.90. The Morgan fingerprint density at radius 3 is 2.47 bits per heavy atom. The number of nitrogens with one attached hydrogen (secondary N) is 1. The van der Waals surface area contributed by atoms with E-state index in [9.17, 15) is 23.3 Å². The minimum absolute atomic E-state index is 0.0845. The number of non-ortho nitro benzene ring substituents is 1. The molecule has 170 valence electrons. The van der Waals surface area contributed by atoms with Crippen LogP contribution in [-0.4, -0.2) is 63.1 Å². The van der Waals surface area contributed by atoms with Crippen molar-refractivity contribution in [1.29, 1.82) is 0 Å². The van der Waals surface area contributed by atoms with Gasteiger partial charge in [0.05, 0.1) is 9.82 Å². The van der Waals surface area contributed by atoms with Crippen molar-refractivity contribution in [3.8, 4) is 0 Å². The summed E-state index contributed by atoms with van der Waals surface area (Å²) in [6, 6.07) is 10.6. The van der Waals surface area contributed by atoms with Crippen molar-refractivity contribution < 1.29 is 18.1 Å². The van der Waals surface area contributed by atoms with Gasteiger partial charge in [0.25, 0.3) is 11.6 Å². The van der Waals surface area contributed by atoms with Gasteiger partial charge in [-0.3, -0.25) is 19.8 Å². The summed E-state index contributed by atoms with van der Waals surface area (Å²) in [6.45, 7) is 5.02. The van der Waals surface area contributed by atoms with Gasteiger partial charge in [-0.25, -0.2) is 8.42 Å². The Hall–Kier alpha value is -2.98. The molecule has 10 heteroatoms. The van der Waals surface area contributed by atoms with Gasteiger partial charge in [-0.15, -0.1) is 0 Å². The maximum atomic E-state index is 12.8. The fraction of sp³-hybridized carbons (Fsp3) is 0.409. The number of nitro groups is 1. The number of carbonyl (C=O) groups is 1. The standard InChI is InChI=1S/C22H26N4O5S/c1-32(30,31)21-12-17(11-20(14-21)26(28)29)22(27)23-18-3-2-4-19(13-18)25-9-7-24(8-10-25)15-16-5-6-16/h2-4,11-14,16H,5-10,15H2,1H3,(H,23,27). The van der Waals surface area contributed by atoms with E-state index in [1.807, 2.05) is 18.2 Å². The lowest BCUT2D eigenvalue weighted by Gasteiger charge is -2.36. The van der Waals surface area contributed by atoms with E-state index in [1.165, 1.54) is 19.4 Å². The van der Waals surface area contributed by atoms with E-state index in [1.54, 1.807) is 6.07 Å². The number of nitro benzene ring substituents is 1. The van der Waals surface area contributed by atoms with Crippen molar-refractivity contribution in [2.75, 3.05) is 49.2 Å². The van der Waals surface area contributed by atoms with Gasteiger partial charge in [0.15, 0.2) is 9.84 Å². The molecule has 1 N–H and O–H groups in total. The lowest BCUT2D eigenvalue weighted by atomic mass is 10.1. The van der Waals surface area contributed by atoms with Gasteiger partial charge in [-0.1, -0.05) is 6.07 Å². The number of rotatable bonds is 7. The Morgan fingerprint density at radius 2 is 1.84 bits per heavy atom. The average molecular weight is 459 g/mol. The third kappa shape index (κ3) is 5.43. The number of piperazine rings is 1. The Labute approximate surface area is 187 Å². The molecule has 0 radical (unpaired) electrons. The molecule has 32 heavy (non-hydrogen) atoms. The van der Waals surface area contributed by atoms with Crippen LogP contribution in [0.4, 0.5) is 17.1 Å².